The number of ether oxygens (including phenoxy) is 1. The van der Waals surface area contributed by atoms with Crippen LogP contribution in [0.15, 0.2) is 48.5 Å². The second-order valence-corrected chi connectivity index (χ2v) is 7.28. The van der Waals surface area contributed by atoms with Gasteiger partial charge >= 0.3 is 7.12 Å². The van der Waals surface area contributed by atoms with Crippen molar-refractivity contribution in [3.63, 3.8) is 0 Å². The minimum Gasteiger partial charge on any atom is -0.488 e. The topological polar surface area (TPSA) is 44.8 Å². The van der Waals surface area contributed by atoms with Crippen LogP contribution in [0.25, 0.3) is 0 Å². The Labute approximate surface area is 149 Å². The molecule has 1 aliphatic rings. The zero-order valence-electron chi connectivity index (χ0n) is 15.1. The van der Waals surface area contributed by atoms with Crippen molar-refractivity contribution in [1.29, 1.82) is 0 Å². The molecule has 2 aromatic rings. The summed E-state index contributed by atoms with van der Waals surface area (Å²) in [6.07, 6.45) is 0.800. The van der Waals surface area contributed by atoms with Gasteiger partial charge in [0.05, 0.1) is 16.8 Å². The second-order valence-electron chi connectivity index (χ2n) is 7.28. The highest BCUT2D eigenvalue weighted by molar-refractivity contribution is 6.62. The zero-order valence-corrected chi connectivity index (χ0v) is 15.1. The molecular formula is C20H23BO4. The molecule has 1 saturated heterocycles. The number of carbonyl (C=O) groups is 1. The minimum atomic E-state index is -0.482. The van der Waals surface area contributed by atoms with Crippen molar-refractivity contribution in [2.45, 2.75) is 45.5 Å². The van der Waals surface area contributed by atoms with E-state index >= 15 is 0 Å². The molecule has 0 unspecified atom stereocenters. The molecule has 130 valence electrons. The molecule has 25 heavy (non-hydrogen) atoms. The Balaban J connectivity index is 1.82. The maximum Gasteiger partial charge on any atom is 0.494 e. The van der Waals surface area contributed by atoms with Gasteiger partial charge in [0.25, 0.3) is 0 Å². The highest BCUT2D eigenvalue weighted by Gasteiger charge is 2.51. The fraction of sp³-hybridized carbons (Fsp3) is 0.350. The molecule has 0 bridgehead atoms. The first-order chi connectivity index (χ1) is 11.8. The standard InChI is InChI=1S/C20H23BO4/c1-19(2)20(3,4)25-21(24-19)17-11-10-16(13-22)18(12-17)23-14-15-8-6-5-7-9-15/h5-13H,14H2,1-4H3. The van der Waals surface area contributed by atoms with Crippen molar-refractivity contribution >= 4 is 18.9 Å². The normalized spacial score (nSPS) is 18.2. The Hall–Kier alpha value is -2.11. The van der Waals surface area contributed by atoms with Crippen LogP contribution in [0.3, 0.4) is 0 Å². The van der Waals surface area contributed by atoms with Gasteiger partial charge in [-0.3, -0.25) is 4.79 Å². The zero-order chi connectivity index (χ0) is 18.1. The fourth-order valence-corrected chi connectivity index (χ4v) is 2.63. The second kappa shape index (κ2) is 6.66. The van der Waals surface area contributed by atoms with Crippen molar-refractivity contribution < 1.29 is 18.8 Å². The largest absolute Gasteiger partial charge is 0.494 e. The quantitative estimate of drug-likeness (QED) is 0.619. The monoisotopic (exact) mass is 338 g/mol. The predicted octanol–water partition coefficient (Wildman–Crippen LogP) is 3.38. The molecular weight excluding hydrogens is 315 g/mol. The summed E-state index contributed by atoms with van der Waals surface area (Å²) in [6, 6.07) is 15.3. The van der Waals surface area contributed by atoms with Gasteiger partial charge in [-0.25, -0.2) is 0 Å². The van der Waals surface area contributed by atoms with Crippen molar-refractivity contribution in [1.82, 2.24) is 0 Å². The van der Waals surface area contributed by atoms with E-state index in [1.165, 1.54) is 0 Å². The fourth-order valence-electron chi connectivity index (χ4n) is 2.63. The molecule has 0 atom stereocenters. The van der Waals surface area contributed by atoms with E-state index < -0.39 is 18.3 Å². The van der Waals surface area contributed by atoms with Crippen LogP contribution in [0.4, 0.5) is 0 Å². The Morgan fingerprint density at radius 3 is 2.24 bits per heavy atom. The number of hydrogen-bond acceptors (Lipinski definition) is 4. The summed E-state index contributed by atoms with van der Waals surface area (Å²) >= 11 is 0. The first-order valence-corrected chi connectivity index (χ1v) is 8.44. The average molecular weight is 338 g/mol. The third kappa shape index (κ3) is 3.62. The first kappa shape index (κ1) is 17.7. The van der Waals surface area contributed by atoms with Gasteiger partial charge < -0.3 is 14.0 Å². The number of benzene rings is 2. The van der Waals surface area contributed by atoms with Gasteiger partial charge in [-0.2, -0.15) is 0 Å². The van der Waals surface area contributed by atoms with Gasteiger partial charge in [-0.05, 0) is 50.9 Å². The molecule has 1 heterocycles. The molecule has 0 N–H and O–H groups in total. The van der Waals surface area contributed by atoms with E-state index in [2.05, 4.69) is 0 Å². The third-order valence-corrected chi connectivity index (χ3v) is 4.93. The van der Waals surface area contributed by atoms with Crippen molar-refractivity contribution in [2.75, 3.05) is 0 Å². The van der Waals surface area contributed by atoms with E-state index in [1.807, 2.05) is 70.2 Å². The Bertz CT molecular complexity index is 740. The van der Waals surface area contributed by atoms with Crippen molar-refractivity contribution in [3.05, 3.63) is 59.7 Å². The summed E-state index contributed by atoms with van der Waals surface area (Å²) < 4.78 is 18.0. The molecule has 0 radical (unpaired) electrons. The molecule has 3 rings (SSSR count). The molecule has 2 aromatic carbocycles. The molecule has 0 spiro atoms. The first-order valence-electron chi connectivity index (χ1n) is 8.44. The van der Waals surface area contributed by atoms with Crippen LogP contribution in [0.1, 0.15) is 43.6 Å². The Morgan fingerprint density at radius 2 is 1.64 bits per heavy atom. The Morgan fingerprint density at radius 1 is 1.00 bits per heavy atom. The molecule has 0 aromatic heterocycles. The van der Waals surface area contributed by atoms with Crippen LogP contribution in [0.5, 0.6) is 5.75 Å². The maximum absolute atomic E-state index is 11.3. The lowest BCUT2D eigenvalue weighted by molar-refractivity contribution is 0.00578. The molecule has 5 heteroatoms. The number of rotatable bonds is 5. The number of hydrogen-bond donors (Lipinski definition) is 0. The van der Waals surface area contributed by atoms with E-state index in [9.17, 15) is 4.79 Å². The molecule has 0 amide bonds. The van der Waals surface area contributed by atoms with Crippen LogP contribution in [-0.4, -0.2) is 24.6 Å². The van der Waals surface area contributed by atoms with Gasteiger partial charge in [-0.1, -0.05) is 36.4 Å². The lowest BCUT2D eigenvalue weighted by Crippen LogP contribution is -2.41. The smallest absolute Gasteiger partial charge is 0.488 e. The minimum absolute atomic E-state index is 0.397. The van der Waals surface area contributed by atoms with Crippen LogP contribution >= 0.6 is 0 Å². The summed E-state index contributed by atoms with van der Waals surface area (Å²) in [5.41, 5.74) is 1.57. The predicted molar refractivity (Wildman–Crippen MR) is 98.3 cm³/mol. The van der Waals surface area contributed by atoms with Gasteiger partial charge in [-0.15, -0.1) is 0 Å². The van der Waals surface area contributed by atoms with Gasteiger partial charge in [0.2, 0.25) is 0 Å². The van der Waals surface area contributed by atoms with Crippen molar-refractivity contribution in [3.8, 4) is 5.75 Å². The van der Waals surface area contributed by atoms with Crippen LogP contribution in [-0.2, 0) is 15.9 Å². The van der Waals surface area contributed by atoms with Gasteiger partial charge in [0.1, 0.15) is 12.4 Å². The van der Waals surface area contributed by atoms with Crippen LogP contribution in [0, 0.1) is 0 Å². The summed E-state index contributed by atoms with van der Waals surface area (Å²) in [7, 11) is -0.482. The summed E-state index contributed by atoms with van der Waals surface area (Å²) in [5, 5.41) is 0. The highest BCUT2D eigenvalue weighted by Crippen LogP contribution is 2.36. The van der Waals surface area contributed by atoms with Crippen LogP contribution in [0.2, 0.25) is 0 Å². The molecule has 1 aliphatic heterocycles. The molecule has 1 fully saturated rings. The average Bonchev–Trinajstić information content (AvgIpc) is 2.81. The lowest BCUT2D eigenvalue weighted by Gasteiger charge is -2.32. The van der Waals surface area contributed by atoms with Crippen molar-refractivity contribution in [2.24, 2.45) is 0 Å². The van der Waals surface area contributed by atoms with Gasteiger partial charge in [0, 0.05) is 0 Å². The molecule has 0 saturated carbocycles. The Kier molecular flexibility index (Phi) is 4.72. The molecule has 4 nitrogen and oxygen atoms in total. The highest BCUT2D eigenvalue weighted by atomic mass is 16.7. The van der Waals surface area contributed by atoms with Crippen LogP contribution < -0.4 is 10.2 Å². The van der Waals surface area contributed by atoms with E-state index in [4.69, 9.17) is 14.0 Å². The summed E-state index contributed by atoms with van der Waals surface area (Å²) in [6.45, 7) is 8.45. The number of aldehydes is 1. The van der Waals surface area contributed by atoms with E-state index in [-0.39, 0.29) is 0 Å². The third-order valence-electron chi connectivity index (χ3n) is 4.93. The maximum atomic E-state index is 11.3. The lowest BCUT2D eigenvalue weighted by atomic mass is 9.78. The number of carbonyl (C=O) groups excluding carboxylic acids is 1. The summed E-state index contributed by atoms with van der Waals surface area (Å²) in [5.74, 6) is 0.533. The summed E-state index contributed by atoms with van der Waals surface area (Å²) in [4.78, 5) is 11.3. The SMILES string of the molecule is CC1(C)OB(c2ccc(C=O)c(OCc3ccccc3)c2)OC1(C)C. The van der Waals surface area contributed by atoms with E-state index in [0.29, 0.717) is 17.9 Å². The van der Waals surface area contributed by atoms with E-state index in [1.54, 1.807) is 6.07 Å². The van der Waals surface area contributed by atoms with Gasteiger partial charge in [0.15, 0.2) is 6.29 Å². The van der Waals surface area contributed by atoms with E-state index in [0.717, 1.165) is 17.3 Å². The molecule has 0 aliphatic carbocycles.